The van der Waals surface area contributed by atoms with Crippen LogP contribution in [0.4, 0.5) is 11.7 Å². The Bertz CT molecular complexity index is 959. The zero-order valence-electron chi connectivity index (χ0n) is 14.4. The summed E-state index contributed by atoms with van der Waals surface area (Å²) in [7, 11) is 0. The summed E-state index contributed by atoms with van der Waals surface area (Å²) in [6.07, 6.45) is 1.21. The van der Waals surface area contributed by atoms with Gasteiger partial charge in [0.2, 0.25) is 0 Å². The molecule has 0 atom stereocenters. The number of nitro groups is 1. The third-order valence-electron chi connectivity index (χ3n) is 4.63. The Morgan fingerprint density at radius 2 is 1.96 bits per heavy atom. The number of hydrogen-bond acceptors (Lipinski definition) is 7. The minimum Gasteiger partial charge on any atom is -0.426 e. The molecule has 8 heteroatoms. The highest BCUT2D eigenvalue weighted by molar-refractivity contribution is 5.76. The highest BCUT2D eigenvalue weighted by Gasteiger charge is 2.28. The van der Waals surface area contributed by atoms with Crippen molar-refractivity contribution >= 4 is 28.8 Å². The first kappa shape index (κ1) is 17.0. The Kier molecular flexibility index (Phi) is 4.45. The number of nitrogens with zero attached hydrogens (tertiary/aromatic N) is 3. The van der Waals surface area contributed by atoms with Gasteiger partial charge in [-0.3, -0.25) is 14.9 Å². The molecule has 8 nitrogen and oxygen atoms in total. The molecular weight excluding hydrogens is 350 g/mol. The van der Waals surface area contributed by atoms with E-state index in [1.165, 1.54) is 18.2 Å². The fraction of sp³-hybridized carbons (Fsp3) is 0.263. The van der Waals surface area contributed by atoms with Crippen LogP contribution in [0.15, 0.2) is 52.9 Å². The summed E-state index contributed by atoms with van der Waals surface area (Å²) in [6.45, 7) is 1.25. The van der Waals surface area contributed by atoms with Crippen molar-refractivity contribution in [2.45, 2.75) is 12.8 Å². The van der Waals surface area contributed by atoms with Crippen LogP contribution in [0.1, 0.15) is 12.8 Å². The molecule has 0 bridgehead atoms. The molecule has 1 fully saturated rings. The number of oxazole rings is 1. The number of fused-ring (bicyclic) bond motifs is 1. The molecular formula is C19H17N3O5. The number of carbonyl (C=O) groups is 1. The van der Waals surface area contributed by atoms with E-state index in [2.05, 4.69) is 4.98 Å². The van der Waals surface area contributed by atoms with E-state index in [1.54, 1.807) is 6.07 Å². The molecule has 0 radical (unpaired) electrons. The number of para-hydroxylation sites is 2. The van der Waals surface area contributed by atoms with Crippen LogP contribution in [-0.4, -0.2) is 29.0 Å². The fourth-order valence-electron chi connectivity index (χ4n) is 3.16. The number of esters is 1. The largest absolute Gasteiger partial charge is 0.426 e. The molecule has 1 saturated heterocycles. The van der Waals surface area contributed by atoms with Crippen LogP contribution in [0.25, 0.3) is 11.1 Å². The highest BCUT2D eigenvalue weighted by atomic mass is 16.6. The van der Waals surface area contributed by atoms with Crippen molar-refractivity contribution in [3.8, 4) is 5.75 Å². The van der Waals surface area contributed by atoms with Crippen molar-refractivity contribution in [1.29, 1.82) is 0 Å². The number of nitro benzene ring substituents is 1. The maximum atomic E-state index is 12.4. The van der Waals surface area contributed by atoms with E-state index >= 15 is 0 Å². The normalized spacial score (nSPS) is 15.0. The Balaban J connectivity index is 1.38. The number of anilines is 1. The molecule has 0 N–H and O–H groups in total. The van der Waals surface area contributed by atoms with E-state index in [0.29, 0.717) is 31.9 Å². The van der Waals surface area contributed by atoms with Gasteiger partial charge >= 0.3 is 5.97 Å². The molecule has 0 amide bonds. The van der Waals surface area contributed by atoms with Crippen LogP contribution < -0.4 is 9.64 Å². The summed E-state index contributed by atoms with van der Waals surface area (Å²) in [6, 6.07) is 13.8. The highest BCUT2D eigenvalue weighted by Crippen LogP contribution is 2.27. The maximum absolute atomic E-state index is 12.4. The smallest absolute Gasteiger partial charge is 0.314 e. The van der Waals surface area contributed by atoms with Crippen molar-refractivity contribution in [2.75, 3.05) is 18.0 Å². The van der Waals surface area contributed by atoms with E-state index in [4.69, 9.17) is 9.15 Å². The van der Waals surface area contributed by atoms with Crippen LogP contribution in [0.3, 0.4) is 0 Å². The molecule has 3 aromatic rings. The third kappa shape index (κ3) is 3.59. The van der Waals surface area contributed by atoms with Gasteiger partial charge in [0.1, 0.15) is 11.3 Å². The molecule has 27 heavy (non-hydrogen) atoms. The summed E-state index contributed by atoms with van der Waals surface area (Å²) in [4.78, 5) is 29.2. The Hall–Kier alpha value is -3.42. The molecule has 0 spiro atoms. The van der Waals surface area contributed by atoms with Gasteiger partial charge in [0.25, 0.3) is 11.7 Å². The topological polar surface area (TPSA) is 98.7 Å². The lowest BCUT2D eigenvalue weighted by Crippen LogP contribution is -2.37. The third-order valence-corrected chi connectivity index (χ3v) is 4.63. The summed E-state index contributed by atoms with van der Waals surface area (Å²) in [5.41, 5.74) is 1.44. The first-order valence-electron chi connectivity index (χ1n) is 8.67. The quantitative estimate of drug-likeness (QED) is 0.301. The molecule has 2 aromatic carbocycles. The van der Waals surface area contributed by atoms with Gasteiger partial charge in [-0.1, -0.05) is 18.2 Å². The van der Waals surface area contributed by atoms with Gasteiger partial charge in [0.05, 0.1) is 16.9 Å². The maximum Gasteiger partial charge on any atom is 0.314 e. The molecule has 4 rings (SSSR count). The van der Waals surface area contributed by atoms with Crippen molar-refractivity contribution in [2.24, 2.45) is 5.92 Å². The predicted molar refractivity (Wildman–Crippen MR) is 97.7 cm³/mol. The van der Waals surface area contributed by atoms with Gasteiger partial charge in [0.15, 0.2) is 5.58 Å². The van der Waals surface area contributed by atoms with Gasteiger partial charge in [-0.2, -0.15) is 4.98 Å². The molecule has 1 aliphatic rings. The molecule has 0 unspecified atom stereocenters. The molecule has 138 valence electrons. The van der Waals surface area contributed by atoms with Crippen LogP contribution in [-0.2, 0) is 4.79 Å². The number of benzene rings is 2. The van der Waals surface area contributed by atoms with Gasteiger partial charge in [-0.15, -0.1) is 0 Å². The average Bonchev–Trinajstić information content (AvgIpc) is 3.12. The second kappa shape index (κ2) is 7.06. The molecule has 2 heterocycles. The SMILES string of the molecule is O=C(Oc1cccc([N+](=O)[O-])c1)C1CCN(c2nc3ccccc3o2)CC1. The lowest BCUT2D eigenvalue weighted by Gasteiger charge is -2.29. The van der Waals surface area contributed by atoms with E-state index in [9.17, 15) is 14.9 Å². The molecule has 0 aliphatic carbocycles. The predicted octanol–water partition coefficient (Wildman–Crippen LogP) is 3.56. The lowest BCUT2D eigenvalue weighted by molar-refractivity contribution is -0.384. The van der Waals surface area contributed by atoms with Crippen LogP contribution in [0, 0.1) is 16.0 Å². The van der Waals surface area contributed by atoms with Crippen LogP contribution >= 0.6 is 0 Å². The number of rotatable bonds is 4. The van der Waals surface area contributed by atoms with Gasteiger partial charge in [-0.25, -0.2) is 0 Å². The number of carbonyl (C=O) groups excluding carboxylic acids is 1. The number of hydrogen-bond donors (Lipinski definition) is 0. The number of aromatic nitrogens is 1. The van der Waals surface area contributed by atoms with E-state index in [-0.39, 0.29) is 23.3 Å². The Morgan fingerprint density at radius 3 is 2.70 bits per heavy atom. The lowest BCUT2D eigenvalue weighted by atomic mass is 9.97. The molecule has 1 aliphatic heterocycles. The summed E-state index contributed by atoms with van der Waals surface area (Å²) in [5.74, 6) is -0.437. The second-order valence-electron chi connectivity index (χ2n) is 6.40. The zero-order valence-corrected chi connectivity index (χ0v) is 14.4. The van der Waals surface area contributed by atoms with Crippen LogP contribution in [0.5, 0.6) is 5.75 Å². The van der Waals surface area contributed by atoms with E-state index in [1.807, 2.05) is 29.2 Å². The number of piperidine rings is 1. The van der Waals surface area contributed by atoms with Crippen molar-refractivity contribution in [1.82, 2.24) is 4.98 Å². The fourth-order valence-corrected chi connectivity index (χ4v) is 3.16. The van der Waals surface area contributed by atoms with E-state index in [0.717, 1.165) is 11.1 Å². The first-order chi connectivity index (χ1) is 13.1. The minimum atomic E-state index is -0.518. The summed E-state index contributed by atoms with van der Waals surface area (Å²) in [5, 5.41) is 10.8. The summed E-state index contributed by atoms with van der Waals surface area (Å²) < 4.78 is 11.1. The monoisotopic (exact) mass is 367 g/mol. The van der Waals surface area contributed by atoms with Crippen molar-refractivity contribution < 1.29 is 18.9 Å². The van der Waals surface area contributed by atoms with Gasteiger partial charge in [0, 0.05) is 19.2 Å². The number of non-ortho nitro benzene ring substituents is 1. The van der Waals surface area contributed by atoms with Crippen molar-refractivity contribution in [3.63, 3.8) is 0 Å². The summed E-state index contributed by atoms with van der Waals surface area (Å²) >= 11 is 0. The van der Waals surface area contributed by atoms with Crippen molar-refractivity contribution in [3.05, 3.63) is 58.6 Å². The Morgan fingerprint density at radius 1 is 1.19 bits per heavy atom. The zero-order chi connectivity index (χ0) is 18.8. The minimum absolute atomic E-state index is 0.105. The standard InChI is InChI=1S/C19H17N3O5/c23-18(26-15-5-3-4-14(12-15)22(24)25)13-8-10-21(11-9-13)19-20-16-6-1-2-7-17(16)27-19/h1-7,12-13H,8-11H2. The second-order valence-corrected chi connectivity index (χ2v) is 6.40. The van der Waals surface area contributed by atoms with Crippen LogP contribution in [0.2, 0.25) is 0 Å². The van der Waals surface area contributed by atoms with Gasteiger partial charge in [-0.05, 0) is 31.0 Å². The average molecular weight is 367 g/mol. The van der Waals surface area contributed by atoms with E-state index < -0.39 is 4.92 Å². The Labute approximate surface area is 154 Å². The van der Waals surface area contributed by atoms with Gasteiger partial charge < -0.3 is 14.1 Å². The molecule has 1 aromatic heterocycles. The number of ether oxygens (including phenoxy) is 1. The molecule has 0 saturated carbocycles. The first-order valence-corrected chi connectivity index (χ1v) is 8.67.